The lowest BCUT2D eigenvalue weighted by Crippen LogP contribution is -2.43. The van der Waals surface area contributed by atoms with E-state index in [0.717, 1.165) is 54.3 Å². The Morgan fingerprint density at radius 2 is 1.78 bits per heavy atom. The first-order chi connectivity index (χ1) is 17.7. The summed E-state index contributed by atoms with van der Waals surface area (Å²) in [5.74, 6) is 1.51. The monoisotopic (exact) mass is 537 g/mol. The highest BCUT2D eigenvalue weighted by Crippen LogP contribution is 2.31. The fourth-order valence-electron chi connectivity index (χ4n) is 4.21. The number of hydrogen-bond acceptors (Lipinski definition) is 5. The Kier molecular flexibility index (Phi) is 6.98. The zero-order chi connectivity index (χ0) is 26.2. The first kappa shape index (κ1) is 25.3. The van der Waals surface area contributed by atoms with Crippen LogP contribution in [0.5, 0.6) is 0 Å². The van der Waals surface area contributed by atoms with Crippen LogP contribution in [-0.2, 0) is 5.41 Å². The lowest BCUT2D eigenvalue weighted by molar-refractivity contribution is 0.262. The third-order valence-corrected chi connectivity index (χ3v) is 7.08. The number of amides is 2. The van der Waals surface area contributed by atoms with Gasteiger partial charge in [0.05, 0.1) is 32.6 Å². The van der Waals surface area contributed by atoms with Gasteiger partial charge >= 0.3 is 6.03 Å². The van der Waals surface area contributed by atoms with Crippen molar-refractivity contribution in [3.05, 3.63) is 70.3 Å². The minimum atomic E-state index is -0.450. The molecule has 0 spiro atoms. The predicted molar refractivity (Wildman–Crippen MR) is 152 cm³/mol. The van der Waals surface area contributed by atoms with Crippen LogP contribution in [0, 0.1) is 0 Å². The van der Waals surface area contributed by atoms with E-state index in [2.05, 4.69) is 53.8 Å². The molecule has 1 aliphatic heterocycles. The quantitative estimate of drug-likeness (QED) is 0.293. The number of anilines is 3. The summed E-state index contributed by atoms with van der Waals surface area (Å²) < 4.78 is 1.74. The third-order valence-electron chi connectivity index (χ3n) is 6.26. The molecule has 1 aliphatic rings. The number of nitrogens with one attached hydrogen (secondary N) is 3. The highest BCUT2D eigenvalue weighted by molar-refractivity contribution is 6.44. The van der Waals surface area contributed by atoms with E-state index in [1.165, 1.54) is 0 Å². The van der Waals surface area contributed by atoms with Crippen molar-refractivity contribution in [2.75, 3.05) is 41.7 Å². The fourth-order valence-corrected chi connectivity index (χ4v) is 4.56. The Hall–Kier alpha value is -3.33. The molecule has 1 saturated heterocycles. The number of rotatable bonds is 4. The molecule has 0 saturated carbocycles. The Morgan fingerprint density at radius 1 is 1.00 bits per heavy atom. The smallest absolute Gasteiger partial charge is 0.324 e. The van der Waals surface area contributed by atoms with Crippen molar-refractivity contribution in [2.45, 2.75) is 26.2 Å². The van der Waals surface area contributed by atoms with Crippen molar-refractivity contribution >= 4 is 57.5 Å². The van der Waals surface area contributed by atoms with Crippen LogP contribution in [0.4, 0.5) is 22.1 Å². The number of carbonyl (C=O) groups is 1. The van der Waals surface area contributed by atoms with E-state index in [1.54, 1.807) is 22.9 Å². The second kappa shape index (κ2) is 10.2. The molecule has 192 valence electrons. The maximum Gasteiger partial charge on any atom is 0.324 e. The van der Waals surface area contributed by atoms with E-state index in [4.69, 9.17) is 33.3 Å². The summed E-state index contributed by atoms with van der Waals surface area (Å²) >= 11 is 12.3. The van der Waals surface area contributed by atoms with E-state index in [-0.39, 0.29) is 10.4 Å². The van der Waals surface area contributed by atoms with Crippen LogP contribution in [0.15, 0.2) is 54.6 Å². The third kappa shape index (κ3) is 5.51. The summed E-state index contributed by atoms with van der Waals surface area (Å²) in [6.07, 6.45) is 0. The summed E-state index contributed by atoms with van der Waals surface area (Å²) in [5, 5.41) is 15.5. The maximum atomic E-state index is 12.9. The number of benzene rings is 2. The zero-order valence-electron chi connectivity index (χ0n) is 21.0. The number of carbonyl (C=O) groups excluding carboxylic acids is 1. The van der Waals surface area contributed by atoms with Crippen LogP contribution in [0.2, 0.25) is 10.0 Å². The summed E-state index contributed by atoms with van der Waals surface area (Å²) in [5.41, 5.74) is 2.77. The van der Waals surface area contributed by atoms with Crippen molar-refractivity contribution in [3.63, 3.8) is 0 Å². The SMILES string of the molecule is CC(C)(C)c1cc(NC(=O)Nc2cccc(Cl)c2Cl)n(-c2ccc3nc(N4CCNCC4)ccc3c2)n1. The Balaban J connectivity index is 1.45. The second-order valence-electron chi connectivity index (χ2n) is 10.0. The first-order valence-corrected chi connectivity index (χ1v) is 12.9. The number of piperazine rings is 1. The second-order valence-corrected chi connectivity index (χ2v) is 10.8. The van der Waals surface area contributed by atoms with Crippen LogP contribution in [0.1, 0.15) is 26.5 Å². The lowest BCUT2D eigenvalue weighted by atomic mass is 9.92. The Bertz CT molecular complexity index is 1460. The van der Waals surface area contributed by atoms with Gasteiger partial charge in [-0.15, -0.1) is 0 Å². The van der Waals surface area contributed by atoms with Crippen LogP contribution >= 0.6 is 23.2 Å². The van der Waals surface area contributed by atoms with Crippen molar-refractivity contribution in [1.29, 1.82) is 0 Å². The van der Waals surface area contributed by atoms with E-state index >= 15 is 0 Å². The van der Waals surface area contributed by atoms with Gasteiger partial charge in [0.15, 0.2) is 0 Å². The van der Waals surface area contributed by atoms with Crippen molar-refractivity contribution in [1.82, 2.24) is 20.1 Å². The average Bonchev–Trinajstić information content (AvgIpc) is 3.31. The predicted octanol–water partition coefficient (Wildman–Crippen LogP) is 6.08. The number of urea groups is 1. The first-order valence-electron chi connectivity index (χ1n) is 12.2. The van der Waals surface area contributed by atoms with Gasteiger partial charge in [-0.2, -0.15) is 5.10 Å². The van der Waals surface area contributed by atoms with Gasteiger partial charge in [-0.25, -0.2) is 14.5 Å². The molecule has 2 aromatic heterocycles. The largest absolute Gasteiger partial charge is 0.354 e. The number of fused-ring (bicyclic) bond motifs is 1. The number of hydrogen-bond donors (Lipinski definition) is 3. The molecule has 0 bridgehead atoms. The van der Waals surface area contributed by atoms with Crippen molar-refractivity contribution < 1.29 is 4.79 Å². The van der Waals surface area contributed by atoms with Gasteiger partial charge in [0.2, 0.25) is 0 Å². The molecule has 0 unspecified atom stereocenters. The topological polar surface area (TPSA) is 87.1 Å². The number of nitrogens with zero attached hydrogens (tertiary/aromatic N) is 4. The summed E-state index contributed by atoms with van der Waals surface area (Å²) in [6, 6.07) is 16.6. The molecule has 2 aromatic carbocycles. The highest BCUT2D eigenvalue weighted by Gasteiger charge is 2.22. The van der Waals surface area contributed by atoms with Gasteiger partial charge in [-0.1, -0.05) is 50.0 Å². The average molecular weight is 538 g/mol. The molecule has 5 rings (SSSR count). The number of halogens is 2. The number of pyridine rings is 1. The summed E-state index contributed by atoms with van der Waals surface area (Å²) in [7, 11) is 0. The van der Waals surface area contributed by atoms with Gasteiger partial charge in [0.25, 0.3) is 0 Å². The molecule has 0 atom stereocenters. The summed E-state index contributed by atoms with van der Waals surface area (Å²) in [6.45, 7) is 10.0. The van der Waals surface area contributed by atoms with E-state index in [9.17, 15) is 4.79 Å². The van der Waals surface area contributed by atoms with E-state index in [0.29, 0.717) is 16.5 Å². The molecule has 0 radical (unpaired) electrons. The van der Waals surface area contributed by atoms with Crippen molar-refractivity contribution in [3.8, 4) is 5.69 Å². The fraction of sp³-hybridized carbons (Fsp3) is 0.296. The molecule has 1 fully saturated rings. The molecule has 2 amide bonds. The molecule has 37 heavy (non-hydrogen) atoms. The molecular weight excluding hydrogens is 509 g/mol. The van der Waals surface area contributed by atoms with E-state index < -0.39 is 6.03 Å². The molecule has 3 heterocycles. The van der Waals surface area contributed by atoms with Gasteiger partial charge < -0.3 is 15.5 Å². The van der Waals surface area contributed by atoms with Crippen LogP contribution in [0.3, 0.4) is 0 Å². The maximum absolute atomic E-state index is 12.9. The standard InChI is InChI=1S/C27H29Cl2N7O/c1-27(2,3)22-16-24(33-26(37)32-21-6-4-5-19(28)25(21)29)36(34-22)18-8-9-20-17(15-18)7-10-23(31-20)35-13-11-30-12-14-35/h4-10,15-16,30H,11-14H2,1-3H3,(H2,32,33,37). The molecule has 4 aromatic rings. The van der Waals surface area contributed by atoms with Gasteiger partial charge in [-0.05, 0) is 42.5 Å². The normalized spacial score (nSPS) is 14.1. The Labute approximate surface area is 226 Å². The lowest BCUT2D eigenvalue weighted by Gasteiger charge is -2.28. The Morgan fingerprint density at radius 3 is 2.54 bits per heavy atom. The molecular formula is C27H29Cl2N7O. The molecule has 10 heteroatoms. The van der Waals surface area contributed by atoms with Gasteiger partial charge in [0.1, 0.15) is 11.6 Å². The molecule has 0 aliphatic carbocycles. The minimum absolute atomic E-state index is 0.217. The summed E-state index contributed by atoms with van der Waals surface area (Å²) in [4.78, 5) is 20.1. The van der Waals surface area contributed by atoms with Crippen LogP contribution in [-0.4, -0.2) is 47.0 Å². The zero-order valence-corrected chi connectivity index (χ0v) is 22.5. The highest BCUT2D eigenvalue weighted by atomic mass is 35.5. The molecule has 8 nitrogen and oxygen atoms in total. The van der Waals surface area contributed by atoms with Crippen LogP contribution < -0.4 is 20.9 Å². The van der Waals surface area contributed by atoms with Gasteiger partial charge in [-0.3, -0.25) is 5.32 Å². The van der Waals surface area contributed by atoms with Gasteiger partial charge in [0, 0.05) is 43.0 Å². The van der Waals surface area contributed by atoms with Crippen LogP contribution in [0.25, 0.3) is 16.6 Å². The minimum Gasteiger partial charge on any atom is -0.354 e. The molecule has 3 N–H and O–H groups in total. The van der Waals surface area contributed by atoms with Crippen molar-refractivity contribution in [2.24, 2.45) is 0 Å². The van der Waals surface area contributed by atoms with E-state index in [1.807, 2.05) is 24.3 Å². The number of aromatic nitrogens is 3.